The first-order chi connectivity index (χ1) is 7.65. The second-order valence-electron chi connectivity index (χ2n) is 3.58. The van der Waals surface area contributed by atoms with Gasteiger partial charge < -0.3 is 15.8 Å². The minimum atomic E-state index is -0.638. The number of methoxy groups -OCH3 is 1. The molecule has 2 amide bonds. The Bertz CT molecular complexity index is 259. The second-order valence-corrected chi connectivity index (χ2v) is 3.58. The number of amides is 2. The molecule has 1 aliphatic rings. The molecule has 0 bridgehead atoms. The molecule has 0 radical (unpaired) electrons. The van der Waals surface area contributed by atoms with Crippen molar-refractivity contribution in [3.05, 3.63) is 0 Å². The molecule has 0 aliphatic carbocycles. The van der Waals surface area contributed by atoms with Crippen LogP contribution in [0.3, 0.4) is 0 Å². The van der Waals surface area contributed by atoms with Crippen molar-refractivity contribution in [2.45, 2.75) is 24.9 Å². The van der Waals surface area contributed by atoms with Crippen LogP contribution in [0.25, 0.3) is 0 Å². The molecule has 1 aliphatic heterocycles. The fraction of sp³-hybridized carbons (Fsp3) is 0.778. The third-order valence-corrected chi connectivity index (χ3v) is 2.26. The Balaban J connectivity index is 2.25. The number of nitrogens with two attached hydrogens (primary N) is 1. The highest BCUT2D eigenvalue weighted by Gasteiger charge is 2.28. The molecular weight excluding hydrogens is 214 g/mol. The van der Waals surface area contributed by atoms with Gasteiger partial charge in [0.2, 0.25) is 5.91 Å². The van der Waals surface area contributed by atoms with E-state index in [0.29, 0.717) is 19.4 Å². The highest BCUT2D eigenvalue weighted by molar-refractivity contribution is 5.90. The molecule has 7 heteroatoms. The standard InChI is InChI=1S/C9H17N3O4/c1-15-4-2-3-6(10)8(13)11-7-5-16-12-9(7)14/h6-7H,2-5,10H2,1H3,(H,11,13)(H,12,14)/t6?,7-/m1/s1. The van der Waals surface area contributed by atoms with Crippen LogP contribution < -0.4 is 16.5 Å². The normalized spacial score (nSPS) is 21.6. The van der Waals surface area contributed by atoms with Crippen LogP contribution in [0.5, 0.6) is 0 Å². The maximum Gasteiger partial charge on any atom is 0.268 e. The van der Waals surface area contributed by atoms with Crippen LogP contribution in [0.2, 0.25) is 0 Å². The summed E-state index contributed by atoms with van der Waals surface area (Å²) in [7, 11) is 1.59. The van der Waals surface area contributed by atoms with E-state index < -0.39 is 12.1 Å². The number of hydroxylamine groups is 1. The number of hydrogen-bond acceptors (Lipinski definition) is 5. The monoisotopic (exact) mass is 231 g/mol. The third kappa shape index (κ3) is 3.76. The predicted octanol–water partition coefficient (Wildman–Crippen LogP) is -1.71. The van der Waals surface area contributed by atoms with E-state index >= 15 is 0 Å². The molecule has 16 heavy (non-hydrogen) atoms. The first kappa shape index (κ1) is 12.9. The molecule has 1 saturated heterocycles. The number of rotatable bonds is 6. The highest BCUT2D eigenvalue weighted by atomic mass is 16.7. The second kappa shape index (κ2) is 6.41. The van der Waals surface area contributed by atoms with Crippen LogP contribution in [0.1, 0.15) is 12.8 Å². The Morgan fingerprint density at radius 2 is 2.56 bits per heavy atom. The molecule has 0 aromatic rings. The van der Waals surface area contributed by atoms with Gasteiger partial charge in [0.15, 0.2) is 0 Å². The van der Waals surface area contributed by atoms with Crippen LogP contribution in [-0.2, 0) is 19.2 Å². The molecule has 4 N–H and O–H groups in total. The number of nitrogens with one attached hydrogen (secondary N) is 2. The summed E-state index contributed by atoms with van der Waals surface area (Å²) in [5.74, 6) is -0.695. The molecule has 92 valence electrons. The molecule has 0 saturated carbocycles. The Kier molecular flexibility index (Phi) is 5.17. The molecule has 0 spiro atoms. The van der Waals surface area contributed by atoms with Crippen LogP contribution in [0.4, 0.5) is 0 Å². The van der Waals surface area contributed by atoms with Crippen molar-refractivity contribution in [3.63, 3.8) is 0 Å². The third-order valence-electron chi connectivity index (χ3n) is 2.26. The van der Waals surface area contributed by atoms with Crippen molar-refractivity contribution in [1.82, 2.24) is 10.8 Å². The lowest BCUT2D eigenvalue weighted by Gasteiger charge is -2.13. The highest BCUT2D eigenvalue weighted by Crippen LogP contribution is 1.98. The van der Waals surface area contributed by atoms with E-state index in [2.05, 4.69) is 15.6 Å². The van der Waals surface area contributed by atoms with Crippen molar-refractivity contribution >= 4 is 11.8 Å². The Labute approximate surface area is 93.6 Å². The van der Waals surface area contributed by atoms with E-state index in [1.807, 2.05) is 0 Å². The van der Waals surface area contributed by atoms with Crippen molar-refractivity contribution in [2.75, 3.05) is 20.3 Å². The largest absolute Gasteiger partial charge is 0.385 e. The Hall–Kier alpha value is -1.18. The zero-order valence-corrected chi connectivity index (χ0v) is 9.19. The van der Waals surface area contributed by atoms with Crippen LogP contribution >= 0.6 is 0 Å². The van der Waals surface area contributed by atoms with Gasteiger partial charge in [0.1, 0.15) is 12.6 Å². The zero-order chi connectivity index (χ0) is 12.0. The number of hydrogen-bond donors (Lipinski definition) is 3. The SMILES string of the molecule is COCCCC(N)C(=O)N[C@@H]1CONC1=O. The zero-order valence-electron chi connectivity index (χ0n) is 9.19. The van der Waals surface area contributed by atoms with Crippen LogP contribution in [-0.4, -0.2) is 44.2 Å². The van der Waals surface area contributed by atoms with Gasteiger partial charge in [-0.05, 0) is 12.8 Å². The van der Waals surface area contributed by atoms with Crippen molar-refractivity contribution in [1.29, 1.82) is 0 Å². The fourth-order valence-corrected chi connectivity index (χ4v) is 1.31. The Morgan fingerprint density at radius 3 is 3.12 bits per heavy atom. The summed E-state index contributed by atoms with van der Waals surface area (Å²) in [5.41, 5.74) is 7.79. The Morgan fingerprint density at radius 1 is 1.81 bits per heavy atom. The van der Waals surface area contributed by atoms with Gasteiger partial charge in [-0.1, -0.05) is 0 Å². The van der Waals surface area contributed by atoms with Gasteiger partial charge in [0.05, 0.1) is 6.04 Å². The maximum atomic E-state index is 11.5. The van der Waals surface area contributed by atoms with Gasteiger partial charge >= 0.3 is 0 Å². The average molecular weight is 231 g/mol. The molecule has 2 atom stereocenters. The maximum absolute atomic E-state index is 11.5. The predicted molar refractivity (Wildman–Crippen MR) is 55.1 cm³/mol. The van der Waals surface area contributed by atoms with E-state index in [-0.39, 0.29) is 18.4 Å². The molecule has 1 rings (SSSR count). The topological polar surface area (TPSA) is 103 Å². The van der Waals surface area contributed by atoms with Gasteiger partial charge in [-0.25, -0.2) is 5.48 Å². The molecule has 0 aromatic carbocycles. The number of carbonyl (C=O) groups is 2. The van der Waals surface area contributed by atoms with Crippen LogP contribution in [0, 0.1) is 0 Å². The van der Waals surface area contributed by atoms with Gasteiger partial charge in [-0.2, -0.15) is 0 Å². The van der Waals surface area contributed by atoms with Gasteiger partial charge in [0.25, 0.3) is 5.91 Å². The molecular formula is C9H17N3O4. The molecule has 1 heterocycles. The molecule has 7 nitrogen and oxygen atoms in total. The van der Waals surface area contributed by atoms with E-state index in [1.165, 1.54) is 0 Å². The van der Waals surface area contributed by atoms with Gasteiger partial charge in [-0.15, -0.1) is 0 Å². The van der Waals surface area contributed by atoms with E-state index in [4.69, 9.17) is 10.5 Å². The lowest BCUT2D eigenvalue weighted by Crippen LogP contribution is -2.48. The number of ether oxygens (including phenoxy) is 1. The van der Waals surface area contributed by atoms with Crippen LogP contribution in [0.15, 0.2) is 0 Å². The molecule has 1 unspecified atom stereocenters. The number of carbonyl (C=O) groups excluding carboxylic acids is 2. The van der Waals surface area contributed by atoms with E-state index in [1.54, 1.807) is 7.11 Å². The fourth-order valence-electron chi connectivity index (χ4n) is 1.31. The lowest BCUT2D eigenvalue weighted by atomic mass is 10.1. The minimum absolute atomic E-state index is 0.134. The van der Waals surface area contributed by atoms with E-state index in [0.717, 1.165) is 0 Å². The minimum Gasteiger partial charge on any atom is -0.385 e. The summed E-state index contributed by atoms with van der Waals surface area (Å²) in [6.07, 6.45) is 1.23. The quantitative estimate of drug-likeness (QED) is 0.472. The smallest absolute Gasteiger partial charge is 0.268 e. The summed E-state index contributed by atoms with van der Waals surface area (Å²) < 4.78 is 4.85. The van der Waals surface area contributed by atoms with E-state index in [9.17, 15) is 9.59 Å². The van der Waals surface area contributed by atoms with Crippen molar-refractivity contribution < 1.29 is 19.2 Å². The molecule has 0 aromatic heterocycles. The summed E-state index contributed by atoms with van der Waals surface area (Å²) in [6.45, 7) is 0.698. The summed E-state index contributed by atoms with van der Waals surface area (Å²) in [4.78, 5) is 27.3. The van der Waals surface area contributed by atoms with Gasteiger partial charge in [0, 0.05) is 13.7 Å². The molecule has 1 fully saturated rings. The summed E-state index contributed by atoms with van der Waals surface area (Å²) in [6, 6.07) is -1.26. The first-order valence-corrected chi connectivity index (χ1v) is 5.11. The summed E-state index contributed by atoms with van der Waals surface area (Å²) in [5, 5.41) is 2.51. The first-order valence-electron chi connectivity index (χ1n) is 5.11. The van der Waals surface area contributed by atoms with Crippen molar-refractivity contribution in [3.8, 4) is 0 Å². The average Bonchev–Trinajstić information content (AvgIpc) is 2.64. The summed E-state index contributed by atoms with van der Waals surface area (Å²) >= 11 is 0. The van der Waals surface area contributed by atoms with Gasteiger partial charge in [-0.3, -0.25) is 14.4 Å². The lowest BCUT2D eigenvalue weighted by molar-refractivity contribution is -0.129. The van der Waals surface area contributed by atoms with Crippen molar-refractivity contribution in [2.24, 2.45) is 5.73 Å².